The molecule has 2 atom stereocenters. The topological polar surface area (TPSA) is 105 Å². The number of nitrogens with one attached hydrogen (secondary N) is 2. The van der Waals surface area contributed by atoms with Gasteiger partial charge in [0.2, 0.25) is 21.8 Å². The van der Waals surface area contributed by atoms with Crippen molar-refractivity contribution in [3.8, 4) is 5.75 Å². The number of anilines is 1. The quantitative estimate of drug-likeness (QED) is 0.613. The van der Waals surface area contributed by atoms with Crippen molar-refractivity contribution in [3.05, 3.63) is 54.6 Å². The van der Waals surface area contributed by atoms with Crippen LogP contribution in [0.3, 0.4) is 0 Å². The van der Waals surface area contributed by atoms with Gasteiger partial charge in [0.05, 0.1) is 17.9 Å². The van der Waals surface area contributed by atoms with Crippen molar-refractivity contribution in [2.45, 2.75) is 37.6 Å². The molecule has 8 nitrogen and oxygen atoms in total. The molecule has 0 bridgehead atoms. The Bertz CT molecular complexity index is 1060. The van der Waals surface area contributed by atoms with E-state index < -0.39 is 16.1 Å². The number of rotatable bonds is 8. The Kier molecular flexibility index (Phi) is 8.10. The molecule has 2 N–H and O–H groups in total. The first-order chi connectivity index (χ1) is 15.7. The number of para-hydroxylation sites is 1. The van der Waals surface area contributed by atoms with E-state index in [2.05, 4.69) is 10.0 Å². The van der Waals surface area contributed by atoms with Gasteiger partial charge in [-0.2, -0.15) is 4.72 Å². The highest BCUT2D eigenvalue weighted by Crippen LogP contribution is 2.22. The highest BCUT2D eigenvalue weighted by molar-refractivity contribution is 7.89. The van der Waals surface area contributed by atoms with Crippen LogP contribution in [0.15, 0.2) is 59.5 Å². The highest BCUT2D eigenvalue weighted by atomic mass is 32.2. The summed E-state index contributed by atoms with van der Waals surface area (Å²) in [7, 11) is -2.41. The monoisotopic (exact) mass is 473 g/mol. The predicted molar refractivity (Wildman–Crippen MR) is 126 cm³/mol. The van der Waals surface area contributed by atoms with Crippen molar-refractivity contribution in [2.24, 2.45) is 11.8 Å². The minimum Gasteiger partial charge on any atom is -0.497 e. The first-order valence-electron chi connectivity index (χ1n) is 11.0. The van der Waals surface area contributed by atoms with Crippen LogP contribution in [-0.4, -0.2) is 51.4 Å². The lowest BCUT2D eigenvalue weighted by Crippen LogP contribution is -2.54. The number of amides is 2. The fourth-order valence-corrected chi connectivity index (χ4v) is 5.15. The molecular weight excluding hydrogens is 442 g/mol. The Morgan fingerprint density at radius 2 is 1.73 bits per heavy atom. The van der Waals surface area contributed by atoms with E-state index in [4.69, 9.17) is 4.74 Å². The Morgan fingerprint density at radius 3 is 2.33 bits per heavy atom. The van der Waals surface area contributed by atoms with E-state index in [9.17, 15) is 18.0 Å². The van der Waals surface area contributed by atoms with Gasteiger partial charge in [-0.15, -0.1) is 0 Å². The normalized spacial score (nSPS) is 17.5. The van der Waals surface area contributed by atoms with Crippen LogP contribution in [0, 0.1) is 11.8 Å². The van der Waals surface area contributed by atoms with Crippen LogP contribution >= 0.6 is 0 Å². The molecule has 0 spiro atoms. The minimum atomic E-state index is -3.92. The number of hydrogen-bond acceptors (Lipinski definition) is 5. The Hall–Kier alpha value is -2.91. The van der Waals surface area contributed by atoms with Gasteiger partial charge in [0.1, 0.15) is 11.8 Å². The van der Waals surface area contributed by atoms with E-state index in [0.29, 0.717) is 30.8 Å². The standard InChI is InChI=1S/C24H31N3O5S/c1-17(2)22(26-33(30,31)21-13-11-20(32-3)12-14-21)24(29)27-15-7-8-18(16-27)23(28)25-19-9-5-4-6-10-19/h4-6,9-14,17-18,22,26H,7-8,15-16H2,1-3H3,(H,25,28)/t18-,22+/m1/s1. The second kappa shape index (κ2) is 10.8. The van der Waals surface area contributed by atoms with Crippen LogP contribution in [0.2, 0.25) is 0 Å². The predicted octanol–water partition coefficient (Wildman–Crippen LogP) is 2.88. The van der Waals surface area contributed by atoms with Gasteiger partial charge in [0, 0.05) is 18.8 Å². The zero-order valence-electron chi connectivity index (χ0n) is 19.2. The molecule has 1 aliphatic rings. The molecule has 0 saturated carbocycles. The first-order valence-corrected chi connectivity index (χ1v) is 12.5. The average Bonchev–Trinajstić information content (AvgIpc) is 2.82. The fraction of sp³-hybridized carbons (Fsp3) is 0.417. The molecular formula is C24H31N3O5S. The number of ether oxygens (including phenoxy) is 1. The van der Waals surface area contributed by atoms with Gasteiger partial charge in [-0.1, -0.05) is 32.0 Å². The maximum absolute atomic E-state index is 13.3. The van der Waals surface area contributed by atoms with Gasteiger partial charge in [-0.05, 0) is 55.2 Å². The van der Waals surface area contributed by atoms with Crippen LogP contribution in [-0.2, 0) is 19.6 Å². The van der Waals surface area contributed by atoms with E-state index in [1.165, 1.54) is 19.2 Å². The smallest absolute Gasteiger partial charge is 0.241 e. The van der Waals surface area contributed by atoms with E-state index in [1.54, 1.807) is 30.9 Å². The summed E-state index contributed by atoms with van der Waals surface area (Å²) >= 11 is 0. The van der Waals surface area contributed by atoms with Gasteiger partial charge in [0.15, 0.2) is 0 Å². The first kappa shape index (κ1) is 24.7. The van der Waals surface area contributed by atoms with Crippen LogP contribution in [0.4, 0.5) is 5.69 Å². The zero-order chi connectivity index (χ0) is 24.0. The fourth-order valence-electron chi connectivity index (χ4n) is 3.82. The molecule has 1 fully saturated rings. The molecule has 2 amide bonds. The summed E-state index contributed by atoms with van der Waals surface area (Å²) < 4.78 is 33.5. The van der Waals surface area contributed by atoms with Gasteiger partial charge in [-0.3, -0.25) is 9.59 Å². The van der Waals surface area contributed by atoms with Gasteiger partial charge in [0.25, 0.3) is 0 Å². The maximum atomic E-state index is 13.3. The Morgan fingerprint density at radius 1 is 1.06 bits per heavy atom. The van der Waals surface area contributed by atoms with Crippen LogP contribution in [0.5, 0.6) is 5.75 Å². The second-order valence-electron chi connectivity index (χ2n) is 8.50. The third kappa shape index (κ3) is 6.33. The van der Waals surface area contributed by atoms with Crippen molar-refractivity contribution < 1.29 is 22.7 Å². The lowest BCUT2D eigenvalue weighted by atomic mass is 9.95. The summed E-state index contributed by atoms with van der Waals surface area (Å²) in [6.45, 7) is 4.33. The van der Waals surface area contributed by atoms with Crippen LogP contribution in [0.1, 0.15) is 26.7 Å². The zero-order valence-corrected chi connectivity index (χ0v) is 20.0. The van der Waals surface area contributed by atoms with Crippen LogP contribution in [0.25, 0.3) is 0 Å². The van der Waals surface area contributed by atoms with Crippen molar-refractivity contribution >= 4 is 27.5 Å². The number of piperidine rings is 1. The largest absolute Gasteiger partial charge is 0.497 e. The molecule has 1 saturated heterocycles. The second-order valence-corrected chi connectivity index (χ2v) is 10.2. The molecule has 0 aliphatic carbocycles. The number of methoxy groups -OCH3 is 1. The summed E-state index contributed by atoms with van der Waals surface area (Å²) in [6, 6.07) is 14.2. The minimum absolute atomic E-state index is 0.0560. The third-order valence-corrected chi connectivity index (χ3v) is 7.19. The number of hydrogen-bond donors (Lipinski definition) is 2. The summed E-state index contributed by atoms with van der Waals surface area (Å²) in [5.74, 6) is -0.547. The molecule has 1 heterocycles. The lowest BCUT2D eigenvalue weighted by Gasteiger charge is -2.35. The Labute approximate surface area is 195 Å². The molecule has 0 unspecified atom stereocenters. The van der Waals surface area contributed by atoms with Gasteiger partial charge in [-0.25, -0.2) is 8.42 Å². The number of benzene rings is 2. The van der Waals surface area contributed by atoms with Gasteiger partial charge >= 0.3 is 0 Å². The Balaban J connectivity index is 1.69. The highest BCUT2D eigenvalue weighted by Gasteiger charge is 2.35. The van der Waals surface area contributed by atoms with E-state index in [1.807, 2.05) is 30.3 Å². The summed E-state index contributed by atoms with van der Waals surface area (Å²) in [5.41, 5.74) is 0.707. The molecule has 0 aromatic heterocycles. The lowest BCUT2D eigenvalue weighted by molar-refractivity contribution is -0.137. The van der Waals surface area contributed by atoms with E-state index in [0.717, 1.165) is 0 Å². The summed E-state index contributed by atoms with van der Waals surface area (Å²) in [6.07, 6.45) is 1.35. The third-order valence-electron chi connectivity index (χ3n) is 5.73. The molecule has 1 aliphatic heterocycles. The molecule has 178 valence electrons. The van der Waals surface area contributed by atoms with Crippen molar-refractivity contribution in [2.75, 3.05) is 25.5 Å². The number of sulfonamides is 1. The molecule has 3 rings (SSSR count). The number of carbonyl (C=O) groups excluding carboxylic acids is 2. The van der Waals surface area contributed by atoms with Crippen molar-refractivity contribution in [1.82, 2.24) is 9.62 Å². The van der Waals surface area contributed by atoms with E-state index >= 15 is 0 Å². The summed E-state index contributed by atoms with van der Waals surface area (Å²) in [5, 5.41) is 2.89. The molecule has 2 aromatic carbocycles. The maximum Gasteiger partial charge on any atom is 0.241 e. The molecule has 2 aromatic rings. The summed E-state index contributed by atoms with van der Waals surface area (Å²) in [4.78, 5) is 27.7. The molecule has 0 radical (unpaired) electrons. The number of likely N-dealkylation sites (tertiary alicyclic amines) is 1. The van der Waals surface area contributed by atoms with Crippen molar-refractivity contribution in [3.63, 3.8) is 0 Å². The molecule has 9 heteroatoms. The van der Waals surface area contributed by atoms with E-state index in [-0.39, 0.29) is 35.1 Å². The SMILES string of the molecule is COc1ccc(S(=O)(=O)N[C@H](C(=O)N2CCC[C@@H](C(=O)Nc3ccccc3)C2)C(C)C)cc1. The van der Waals surface area contributed by atoms with Crippen molar-refractivity contribution in [1.29, 1.82) is 0 Å². The average molecular weight is 474 g/mol. The van der Waals surface area contributed by atoms with Crippen LogP contribution < -0.4 is 14.8 Å². The van der Waals surface area contributed by atoms with Gasteiger partial charge < -0.3 is 15.0 Å². The number of carbonyl (C=O) groups is 2. The number of nitrogens with zero attached hydrogens (tertiary/aromatic N) is 1. The molecule has 33 heavy (non-hydrogen) atoms.